The molecule has 0 aliphatic rings. The maximum atomic E-state index is 10.0. The number of benzene rings is 1. The molecule has 1 heterocycles. The molecule has 2 rings (SSSR count). The van der Waals surface area contributed by atoms with E-state index in [-0.39, 0.29) is 0 Å². The predicted octanol–water partition coefficient (Wildman–Crippen LogP) is 2.82. The van der Waals surface area contributed by atoms with Gasteiger partial charge in [0.05, 0.1) is 0 Å². The second-order valence-corrected chi connectivity index (χ2v) is 3.55. The SMILES string of the molecule is O[C@@H](c1ccccc1)c1cccnc1Cl. The van der Waals surface area contributed by atoms with Gasteiger partial charge in [0.1, 0.15) is 11.3 Å². The first-order valence-electron chi connectivity index (χ1n) is 4.62. The Morgan fingerprint density at radius 1 is 1.07 bits per heavy atom. The highest BCUT2D eigenvalue weighted by atomic mass is 35.5. The quantitative estimate of drug-likeness (QED) is 0.788. The van der Waals surface area contributed by atoms with E-state index in [9.17, 15) is 5.11 Å². The van der Waals surface area contributed by atoms with Crippen LogP contribution < -0.4 is 0 Å². The van der Waals surface area contributed by atoms with Crippen LogP contribution in [0.3, 0.4) is 0 Å². The van der Waals surface area contributed by atoms with Gasteiger partial charge in [-0.05, 0) is 11.6 Å². The van der Waals surface area contributed by atoms with Crippen LogP contribution in [0.2, 0.25) is 5.15 Å². The Morgan fingerprint density at radius 3 is 2.47 bits per heavy atom. The molecule has 1 aromatic heterocycles. The normalized spacial score (nSPS) is 12.4. The van der Waals surface area contributed by atoms with Crippen LogP contribution in [0.15, 0.2) is 48.7 Å². The standard InChI is InChI=1S/C12H10ClNO/c13-12-10(7-4-8-14-12)11(15)9-5-2-1-3-6-9/h1-8,11,15H/t11-/m0/s1. The number of rotatable bonds is 2. The Kier molecular flexibility index (Phi) is 2.99. The Morgan fingerprint density at radius 2 is 1.80 bits per heavy atom. The molecule has 0 bridgehead atoms. The summed E-state index contributed by atoms with van der Waals surface area (Å²) in [5, 5.41) is 10.4. The Bertz CT molecular complexity index is 444. The van der Waals surface area contributed by atoms with E-state index in [2.05, 4.69) is 4.98 Å². The van der Waals surface area contributed by atoms with Gasteiger partial charge in [0.2, 0.25) is 0 Å². The van der Waals surface area contributed by atoms with Gasteiger partial charge in [-0.2, -0.15) is 0 Å². The average Bonchev–Trinajstić information content (AvgIpc) is 2.30. The Labute approximate surface area is 93.2 Å². The lowest BCUT2D eigenvalue weighted by molar-refractivity contribution is 0.220. The van der Waals surface area contributed by atoms with Crippen LogP contribution in [0.1, 0.15) is 17.2 Å². The van der Waals surface area contributed by atoms with Gasteiger partial charge in [-0.15, -0.1) is 0 Å². The highest BCUT2D eigenvalue weighted by Crippen LogP contribution is 2.25. The third-order valence-electron chi connectivity index (χ3n) is 2.20. The van der Waals surface area contributed by atoms with Crippen molar-refractivity contribution in [3.05, 3.63) is 64.9 Å². The number of aliphatic hydroxyl groups excluding tert-OH is 1. The molecule has 0 aliphatic carbocycles. The second kappa shape index (κ2) is 4.43. The average molecular weight is 220 g/mol. The Balaban J connectivity index is 2.37. The molecule has 1 atom stereocenters. The number of aliphatic hydroxyl groups is 1. The van der Waals surface area contributed by atoms with Gasteiger partial charge in [-0.25, -0.2) is 4.98 Å². The first kappa shape index (κ1) is 10.1. The molecule has 0 fully saturated rings. The topological polar surface area (TPSA) is 33.1 Å². The van der Waals surface area contributed by atoms with Crippen molar-refractivity contribution >= 4 is 11.6 Å². The van der Waals surface area contributed by atoms with E-state index in [0.717, 1.165) is 5.56 Å². The fraction of sp³-hybridized carbons (Fsp3) is 0.0833. The summed E-state index contributed by atoms with van der Waals surface area (Å²) in [5.74, 6) is 0. The molecule has 0 unspecified atom stereocenters. The minimum Gasteiger partial charge on any atom is -0.384 e. The van der Waals surface area contributed by atoms with Crippen molar-refractivity contribution in [2.45, 2.75) is 6.10 Å². The molecular formula is C12H10ClNO. The first-order chi connectivity index (χ1) is 7.29. The number of nitrogens with zero attached hydrogens (tertiary/aromatic N) is 1. The van der Waals surface area contributed by atoms with Gasteiger partial charge in [0.15, 0.2) is 0 Å². The zero-order valence-corrected chi connectivity index (χ0v) is 8.72. The summed E-state index contributed by atoms with van der Waals surface area (Å²) in [6.45, 7) is 0. The van der Waals surface area contributed by atoms with Gasteiger partial charge in [0, 0.05) is 11.8 Å². The van der Waals surface area contributed by atoms with Crippen molar-refractivity contribution in [1.29, 1.82) is 0 Å². The molecule has 15 heavy (non-hydrogen) atoms. The third kappa shape index (κ3) is 2.17. The monoisotopic (exact) mass is 219 g/mol. The van der Waals surface area contributed by atoms with E-state index < -0.39 is 6.10 Å². The molecule has 76 valence electrons. The van der Waals surface area contributed by atoms with Crippen LogP contribution in [0.25, 0.3) is 0 Å². The zero-order chi connectivity index (χ0) is 10.7. The van der Waals surface area contributed by atoms with Gasteiger partial charge in [-0.1, -0.05) is 48.0 Å². The fourth-order valence-electron chi connectivity index (χ4n) is 1.42. The lowest BCUT2D eigenvalue weighted by atomic mass is 10.0. The largest absolute Gasteiger partial charge is 0.384 e. The van der Waals surface area contributed by atoms with Gasteiger partial charge in [0.25, 0.3) is 0 Å². The molecule has 0 aliphatic heterocycles. The van der Waals surface area contributed by atoms with Crippen molar-refractivity contribution in [2.24, 2.45) is 0 Å². The number of pyridine rings is 1. The summed E-state index contributed by atoms with van der Waals surface area (Å²) in [4.78, 5) is 3.93. The molecule has 3 heteroatoms. The molecule has 0 saturated heterocycles. The number of aromatic nitrogens is 1. The van der Waals surface area contributed by atoms with E-state index in [1.807, 2.05) is 30.3 Å². The van der Waals surface area contributed by atoms with Gasteiger partial charge >= 0.3 is 0 Å². The van der Waals surface area contributed by atoms with Gasteiger partial charge in [-0.3, -0.25) is 0 Å². The maximum Gasteiger partial charge on any atom is 0.135 e. The summed E-state index contributed by atoms with van der Waals surface area (Å²) in [5.41, 5.74) is 1.44. The first-order valence-corrected chi connectivity index (χ1v) is 5.00. The molecule has 0 saturated carbocycles. The zero-order valence-electron chi connectivity index (χ0n) is 7.97. The smallest absolute Gasteiger partial charge is 0.135 e. The van der Waals surface area contributed by atoms with Crippen molar-refractivity contribution in [2.75, 3.05) is 0 Å². The number of hydrogen-bond donors (Lipinski definition) is 1. The van der Waals surface area contributed by atoms with Crippen LogP contribution in [0, 0.1) is 0 Å². The summed E-state index contributed by atoms with van der Waals surface area (Å²) < 4.78 is 0. The van der Waals surface area contributed by atoms with E-state index in [1.165, 1.54) is 0 Å². The lowest BCUT2D eigenvalue weighted by Gasteiger charge is -2.11. The molecule has 1 N–H and O–H groups in total. The molecule has 2 aromatic rings. The van der Waals surface area contributed by atoms with E-state index in [4.69, 9.17) is 11.6 Å². The van der Waals surface area contributed by atoms with Crippen LogP contribution in [-0.4, -0.2) is 10.1 Å². The minimum absolute atomic E-state index is 0.342. The maximum absolute atomic E-state index is 10.0. The van der Waals surface area contributed by atoms with E-state index >= 15 is 0 Å². The summed E-state index contributed by atoms with van der Waals surface area (Å²) in [6.07, 6.45) is 0.885. The summed E-state index contributed by atoms with van der Waals surface area (Å²) >= 11 is 5.90. The molecule has 0 spiro atoms. The van der Waals surface area contributed by atoms with Crippen LogP contribution >= 0.6 is 11.6 Å². The van der Waals surface area contributed by atoms with E-state index in [1.54, 1.807) is 18.3 Å². The lowest BCUT2D eigenvalue weighted by Crippen LogP contribution is -2.00. The van der Waals surface area contributed by atoms with Crippen molar-refractivity contribution in [3.8, 4) is 0 Å². The van der Waals surface area contributed by atoms with Gasteiger partial charge < -0.3 is 5.11 Å². The highest BCUT2D eigenvalue weighted by molar-refractivity contribution is 6.30. The number of halogens is 1. The molecule has 2 nitrogen and oxygen atoms in total. The molecule has 0 amide bonds. The van der Waals surface area contributed by atoms with Crippen molar-refractivity contribution < 1.29 is 5.11 Å². The van der Waals surface area contributed by atoms with E-state index in [0.29, 0.717) is 10.7 Å². The van der Waals surface area contributed by atoms with Crippen LogP contribution in [0.5, 0.6) is 0 Å². The van der Waals surface area contributed by atoms with Crippen LogP contribution in [-0.2, 0) is 0 Å². The van der Waals surface area contributed by atoms with Crippen molar-refractivity contribution in [3.63, 3.8) is 0 Å². The number of hydrogen-bond acceptors (Lipinski definition) is 2. The predicted molar refractivity (Wildman–Crippen MR) is 59.8 cm³/mol. The third-order valence-corrected chi connectivity index (χ3v) is 2.51. The van der Waals surface area contributed by atoms with Crippen LogP contribution in [0.4, 0.5) is 0 Å². The molecular weight excluding hydrogens is 210 g/mol. The molecule has 0 radical (unpaired) electrons. The fourth-order valence-corrected chi connectivity index (χ4v) is 1.64. The van der Waals surface area contributed by atoms with Crippen molar-refractivity contribution in [1.82, 2.24) is 4.98 Å². The summed E-state index contributed by atoms with van der Waals surface area (Å²) in [7, 11) is 0. The molecule has 1 aromatic carbocycles. The second-order valence-electron chi connectivity index (χ2n) is 3.20. The summed E-state index contributed by atoms with van der Waals surface area (Å²) in [6, 6.07) is 12.9. The Hall–Kier alpha value is -1.38. The minimum atomic E-state index is -0.715. The highest BCUT2D eigenvalue weighted by Gasteiger charge is 2.13.